The van der Waals surface area contributed by atoms with Crippen molar-refractivity contribution < 1.29 is 9.53 Å². The molecule has 0 aromatic carbocycles. The molecule has 0 saturated carbocycles. The topological polar surface area (TPSA) is 32.8 Å². The Morgan fingerprint density at radius 2 is 2.05 bits per heavy atom. The van der Waals surface area contributed by atoms with Crippen molar-refractivity contribution in [3.05, 3.63) is 11.6 Å². The minimum Gasteiger partial charge on any atom is -0.377 e. The van der Waals surface area contributed by atoms with E-state index in [-0.39, 0.29) is 5.91 Å². The smallest absolute Gasteiger partial charge is 0.236 e. The van der Waals surface area contributed by atoms with Crippen LogP contribution in [0.3, 0.4) is 0 Å². The molecule has 0 aromatic rings. The summed E-state index contributed by atoms with van der Waals surface area (Å²) in [7, 11) is 0. The molecule has 2 aliphatic heterocycles. The minimum atomic E-state index is 0.280. The average molecular weight is 280 g/mol. The number of rotatable bonds is 6. The molecule has 2 rings (SSSR count). The van der Waals surface area contributed by atoms with Crippen LogP contribution in [0.25, 0.3) is 0 Å². The number of nitrogens with zero attached hydrogens (tertiary/aromatic N) is 2. The first-order valence-corrected chi connectivity index (χ1v) is 7.90. The van der Waals surface area contributed by atoms with Gasteiger partial charge in [-0.2, -0.15) is 0 Å². The monoisotopic (exact) mass is 280 g/mol. The number of carbonyl (C=O) groups excluding carboxylic acids is 1. The van der Waals surface area contributed by atoms with Gasteiger partial charge in [-0.15, -0.1) is 0 Å². The fourth-order valence-corrected chi connectivity index (χ4v) is 2.85. The first-order chi connectivity index (χ1) is 9.65. The van der Waals surface area contributed by atoms with Crippen LogP contribution >= 0.6 is 0 Å². The highest BCUT2D eigenvalue weighted by Gasteiger charge is 2.23. The number of ether oxygens (including phenoxy) is 1. The van der Waals surface area contributed by atoms with Crippen LogP contribution in [0.4, 0.5) is 0 Å². The third-order valence-corrected chi connectivity index (χ3v) is 4.06. The Labute approximate surface area is 122 Å². The maximum atomic E-state index is 12.3. The normalized spacial score (nSPS) is 22.6. The van der Waals surface area contributed by atoms with Crippen molar-refractivity contribution in [2.24, 2.45) is 0 Å². The summed E-state index contributed by atoms with van der Waals surface area (Å²) >= 11 is 0. The lowest BCUT2D eigenvalue weighted by Crippen LogP contribution is -2.42. The van der Waals surface area contributed by atoms with Crippen molar-refractivity contribution in [1.29, 1.82) is 0 Å². The fourth-order valence-electron chi connectivity index (χ4n) is 2.85. The van der Waals surface area contributed by atoms with Gasteiger partial charge in [0, 0.05) is 32.8 Å². The lowest BCUT2D eigenvalue weighted by Gasteiger charge is -2.26. The van der Waals surface area contributed by atoms with E-state index in [1.807, 2.05) is 4.90 Å². The maximum Gasteiger partial charge on any atom is 0.236 e. The van der Waals surface area contributed by atoms with Gasteiger partial charge in [0.15, 0.2) is 0 Å². The van der Waals surface area contributed by atoms with Crippen molar-refractivity contribution >= 4 is 5.91 Å². The average Bonchev–Trinajstić information content (AvgIpc) is 3.08. The molecule has 2 aliphatic rings. The van der Waals surface area contributed by atoms with Gasteiger partial charge in [0.1, 0.15) is 0 Å². The summed E-state index contributed by atoms with van der Waals surface area (Å²) in [5.74, 6) is 0.280. The summed E-state index contributed by atoms with van der Waals surface area (Å²) in [5.41, 5.74) is 1.30. The molecule has 1 atom stereocenters. The summed E-state index contributed by atoms with van der Waals surface area (Å²) in [4.78, 5) is 16.5. The Morgan fingerprint density at radius 3 is 2.65 bits per heavy atom. The fraction of sp³-hybridized carbons (Fsp3) is 0.812. The molecular weight excluding hydrogens is 252 g/mol. The summed E-state index contributed by atoms with van der Waals surface area (Å²) in [6.45, 7) is 9.22. The number of hydrogen-bond acceptors (Lipinski definition) is 3. The van der Waals surface area contributed by atoms with E-state index in [2.05, 4.69) is 24.8 Å². The largest absolute Gasteiger partial charge is 0.377 e. The van der Waals surface area contributed by atoms with Crippen molar-refractivity contribution in [2.45, 2.75) is 45.6 Å². The molecule has 114 valence electrons. The van der Waals surface area contributed by atoms with Crippen LogP contribution in [0.5, 0.6) is 0 Å². The molecular formula is C16H28N2O2. The van der Waals surface area contributed by atoms with Crippen LogP contribution in [0.1, 0.15) is 39.5 Å². The Hall–Kier alpha value is -0.870. The SMILES string of the molecule is CC(C)=CCN(CC(=O)N1CCCC1)CC1CCCO1. The second-order valence-electron chi connectivity index (χ2n) is 6.20. The zero-order valence-electron chi connectivity index (χ0n) is 12.9. The number of likely N-dealkylation sites (tertiary alicyclic amines) is 1. The molecule has 1 amide bonds. The Balaban J connectivity index is 1.86. The van der Waals surface area contributed by atoms with Gasteiger partial charge >= 0.3 is 0 Å². The Morgan fingerprint density at radius 1 is 1.30 bits per heavy atom. The van der Waals surface area contributed by atoms with Crippen molar-refractivity contribution in [3.8, 4) is 0 Å². The molecule has 4 heteroatoms. The molecule has 4 nitrogen and oxygen atoms in total. The lowest BCUT2D eigenvalue weighted by atomic mass is 10.2. The van der Waals surface area contributed by atoms with Gasteiger partial charge in [0.2, 0.25) is 5.91 Å². The van der Waals surface area contributed by atoms with Gasteiger partial charge in [-0.1, -0.05) is 11.6 Å². The lowest BCUT2D eigenvalue weighted by molar-refractivity contribution is -0.131. The van der Waals surface area contributed by atoms with Crippen LogP contribution < -0.4 is 0 Å². The van der Waals surface area contributed by atoms with E-state index in [0.717, 1.165) is 58.5 Å². The molecule has 0 N–H and O–H groups in total. The van der Waals surface area contributed by atoms with Crippen molar-refractivity contribution in [3.63, 3.8) is 0 Å². The van der Waals surface area contributed by atoms with Gasteiger partial charge in [-0.3, -0.25) is 9.69 Å². The van der Waals surface area contributed by atoms with E-state index >= 15 is 0 Å². The Bertz CT molecular complexity index is 338. The summed E-state index contributed by atoms with van der Waals surface area (Å²) in [5, 5.41) is 0. The quantitative estimate of drug-likeness (QED) is 0.698. The van der Waals surface area contributed by atoms with Crippen LogP contribution in [0.2, 0.25) is 0 Å². The first-order valence-electron chi connectivity index (χ1n) is 7.90. The van der Waals surface area contributed by atoms with E-state index in [1.54, 1.807) is 0 Å². The molecule has 0 aromatic heterocycles. The zero-order chi connectivity index (χ0) is 14.4. The number of allylic oxidation sites excluding steroid dienone is 1. The maximum absolute atomic E-state index is 12.3. The molecule has 0 bridgehead atoms. The highest BCUT2D eigenvalue weighted by molar-refractivity contribution is 5.78. The number of amides is 1. The molecule has 0 spiro atoms. The van der Waals surface area contributed by atoms with Crippen LogP contribution in [-0.2, 0) is 9.53 Å². The number of hydrogen-bond donors (Lipinski definition) is 0. The van der Waals surface area contributed by atoms with Crippen molar-refractivity contribution in [2.75, 3.05) is 39.3 Å². The van der Waals surface area contributed by atoms with E-state index < -0.39 is 0 Å². The third kappa shape index (κ3) is 4.91. The van der Waals surface area contributed by atoms with Crippen molar-refractivity contribution in [1.82, 2.24) is 9.80 Å². The molecule has 2 heterocycles. The predicted octanol–water partition coefficient (Wildman–Crippen LogP) is 2.06. The third-order valence-electron chi connectivity index (χ3n) is 4.06. The van der Waals surface area contributed by atoms with Crippen LogP contribution in [0, 0.1) is 0 Å². The molecule has 20 heavy (non-hydrogen) atoms. The van der Waals surface area contributed by atoms with E-state index in [0.29, 0.717) is 12.6 Å². The van der Waals surface area contributed by atoms with Crippen LogP contribution in [0.15, 0.2) is 11.6 Å². The van der Waals surface area contributed by atoms with Gasteiger partial charge < -0.3 is 9.64 Å². The van der Waals surface area contributed by atoms with Gasteiger partial charge in [0.05, 0.1) is 12.6 Å². The van der Waals surface area contributed by atoms with Gasteiger partial charge in [-0.05, 0) is 39.5 Å². The summed E-state index contributed by atoms with van der Waals surface area (Å²) in [6, 6.07) is 0. The second-order valence-corrected chi connectivity index (χ2v) is 6.20. The summed E-state index contributed by atoms with van der Waals surface area (Å²) in [6.07, 6.45) is 7.11. The second kappa shape index (κ2) is 7.79. The highest BCUT2D eigenvalue weighted by atomic mass is 16.5. The molecule has 0 radical (unpaired) electrons. The van der Waals surface area contributed by atoms with Crippen LogP contribution in [-0.4, -0.2) is 61.1 Å². The molecule has 2 saturated heterocycles. The van der Waals surface area contributed by atoms with E-state index in [9.17, 15) is 4.79 Å². The van der Waals surface area contributed by atoms with E-state index in [4.69, 9.17) is 4.74 Å². The van der Waals surface area contributed by atoms with Gasteiger partial charge in [-0.25, -0.2) is 0 Å². The van der Waals surface area contributed by atoms with E-state index in [1.165, 1.54) is 5.57 Å². The summed E-state index contributed by atoms with van der Waals surface area (Å²) < 4.78 is 5.71. The highest BCUT2D eigenvalue weighted by Crippen LogP contribution is 2.14. The van der Waals surface area contributed by atoms with Gasteiger partial charge in [0.25, 0.3) is 0 Å². The predicted molar refractivity (Wildman–Crippen MR) is 80.7 cm³/mol. The molecule has 2 fully saturated rings. The molecule has 1 unspecified atom stereocenters. The number of carbonyl (C=O) groups is 1. The first kappa shape index (κ1) is 15.5. The standard InChI is InChI=1S/C16H28N2O2/c1-14(2)7-10-17(12-15-6-5-11-20-15)13-16(19)18-8-3-4-9-18/h7,15H,3-6,8-13H2,1-2H3. The minimum absolute atomic E-state index is 0.280. The molecule has 0 aliphatic carbocycles. The zero-order valence-corrected chi connectivity index (χ0v) is 12.9. The Kier molecular flexibility index (Phi) is 6.05.